The van der Waals surface area contributed by atoms with E-state index in [1.807, 2.05) is 12.1 Å². The number of rotatable bonds is 6. The Morgan fingerprint density at radius 1 is 1.38 bits per heavy atom. The van der Waals surface area contributed by atoms with Crippen molar-refractivity contribution in [2.45, 2.75) is 6.04 Å². The number of aromatic nitrogens is 1. The Labute approximate surface area is 127 Å². The standard InChI is InChI=1S/C14H17ClN4O2/c15-9-1-2-10-12(3-4-17-13(10)7-9)18-5-6-19-14(21)11(16)8-20/h1-4,7,11,20H,5-6,8,16H2,(H,17,18)(H,19,21)/t11-/m0/s1. The van der Waals surface area contributed by atoms with Crippen molar-refractivity contribution in [2.75, 3.05) is 25.0 Å². The molecule has 5 N–H and O–H groups in total. The smallest absolute Gasteiger partial charge is 0.239 e. The molecule has 0 aliphatic rings. The predicted octanol–water partition coefficient (Wildman–Crippen LogP) is 0.736. The van der Waals surface area contributed by atoms with Crippen LogP contribution in [0.4, 0.5) is 5.69 Å². The Morgan fingerprint density at radius 3 is 2.95 bits per heavy atom. The molecule has 0 saturated heterocycles. The summed E-state index contributed by atoms with van der Waals surface area (Å²) in [5, 5.41) is 16.2. The zero-order chi connectivity index (χ0) is 15.2. The molecule has 2 rings (SSSR count). The van der Waals surface area contributed by atoms with Crippen LogP contribution in [0.1, 0.15) is 0 Å². The van der Waals surface area contributed by atoms with Gasteiger partial charge in [0.15, 0.2) is 0 Å². The number of hydrogen-bond acceptors (Lipinski definition) is 5. The van der Waals surface area contributed by atoms with E-state index < -0.39 is 6.04 Å². The summed E-state index contributed by atoms with van der Waals surface area (Å²) in [7, 11) is 0. The van der Waals surface area contributed by atoms with Gasteiger partial charge in [-0.3, -0.25) is 9.78 Å². The lowest BCUT2D eigenvalue weighted by molar-refractivity contribution is -0.123. The Morgan fingerprint density at radius 2 is 2.19 bits per heavy atom. The second-order valence-electron chi connectivity index (χ2n) is 4.53. The van der Waals surface area contributed by atoms with Gasteiger partial charge in [0.25, 0.3) is 0 Å². The number of halogens is 1. The number of aliphatic hydroxyl groups excluding tert-OH is 1. The highest BCUT2D eigenvalue weighted by atomic mass is 35.5. The van der Waals surface area contributed by atoms with Crippen LogP contribution in [-0.2, 0) is 4.79 Å². The van der Waals surface area contributed by atoms with Crippen LogP contribution in [0.2, 0.25) is 5.02 Å². The molecule has 2 aromatic rings. The molecule has 7 heteroatoms. The maximum absolute atomic E-state index is 11.4. The second-order valence-corrected chi connectivity index (χ2v) is 4.96. The Kier molecular flexibility index (Phi) is 5.32. The number of carbonyl (C=O) groups is 1. The molecule has 0 aliphatic carbocycles. The van der Waals surface area contributed by atoms with Crippen molar-refractivity contribution in [1.29, 1.82) is 0 Å². The van der Waals surface area contributed by atoms with E-state index >= 15 is 0 Å². The summed E-state index contributed by atoms with van der Waals surface area (Å²) in [4.78, 5) is 15.6. The monoisotopic (exact) mass is 308 g/mol. The van der Waals surface area contributed by atoms with E-state index in [0.717, 1.165) is 16.6 Å². The van der Waals surface area contributed by atoms with Crippen molar-refractivity contribution >= 4 is 34.1 Å². The van der Waals surface area contributed by atoms with Crippen molar-refractivity contribution in [1.82, 2.24) is 10.3 Å². The van der Waals surface area contributed by atoms with Gasteiger partial charge in [-0.2, -0.15) is 0 Å². The maximum atomic E-state index is 11.4. The van der Waals surface area contributed by atoms with E-state index in [-0.39, 0.29) is 12.5 Å². The average Bonchev–Trinajstić information content (AvgIpc) is 2.50. The van der Waals surface area contributed by atoms with E-state index in [0.29, 0.717) is 18.1 Å². The largest absolute Gasteiger partial charge is 0.394 e. The first-order valence-electron chi connectivity index (χ1n) is 6.54. The summed E-state index contributed by atoms with van der Waals surface area (Å²) in [5.41, 5.74) is 7.11. The van der Waals surface area contributed by atoms with Crippen LogP contribution in [0.3, 0.4) is 0 Å². The minimum Gasteiger partial charge on any atom is -0.394 e. The van der Waals surface area contributed by atoms with Crippen molar-refractivity contribution < 1.29 is 9.90 Å². The molecule has 0 bridgehead atoms. The third kappa shape index (κ3) is 4.04. The summed E-state index contributed by atoms with van der Waals surface area (Å²) in [6.45, 7) is 0.574. The quantitative estimate of drug-likeness (QED) is 0.590. The van der Waals surface area contributed by atoms with Gasteiger partial charge in [0.05, 0.1) is 12.1 Å². The van der Waals surface area contributed by atoms with Gasteiger partial charge in [-0.05, 0) is 24.3 Å². The second kappa shape index (κ2) is 7.21. The van der Waals surface area contributed by atoms with Crippen LogP contribution >= 0.6 is 11.6 Å². The first-order valence-corrected chi connectivity index (χ1v) is 6.92. The molecule has 21 heavy (non-hydrogen) atoms. The summed E-state index contributed by atoms with van der Waals surface area (Å²) in [6, 6.07) is 6.47. The predicted molar refractivity (Wildman–Crippen MR) is 83.3 cm³/mol. The molecule has 0 radical (unpaired) electrons. The topological polar surface area (TPSA) is 100 Å². The van der Waals surface area contributed by atoms with Gasteiger partial charge < -0.3 is 21.5 Å². The summed E-state index contributed by atoms with van der Waals surface area (Å²) in [6.07, 6.45) is 1.70. The van der Waals surface area contributed by atoms with Gasteiger partial charge in [-0.25, -0.2) is 0 Å². The van der Waals surface area contributed by atoms with Gasteiger partial charge in [-0.15, -0.1) is 0 Å². The van der Waals surface area contributed by atoms with Crippen LogP contribution in [0, 0.1) is 0 Å². The fourth-order valence-corrected chi connectivity index (χ4v) is 2.04. The van der Waals surface area contributed by atoms with Crippen LogP contribution in [-0.4, -0.2) is 41.7 Å². The van der Waals surface area contributed by atoms with Crippen molar-refractivity contribution in [3.8, 4) is 0 Å². The molecular formula is C14H17ClN4O2. The van der Waals surface area contributed by atoms with Gasteiger partial charge in [-0.1, -0.05) is 11.6 Å². The number of benzene rings is 1. The maximum Gasteiger partial charge on any atom is 0.239 e. The number of nitrogens with zero attached hydrogens (tertiary/aromatic N) is 1. The summed E-state index contributed by atoms with van der Waals surface area (Å²) < 4.78 is 0. The minimum absolute atomic E-state index is 0.366. The lowest BCUT2D eigenvalue weighted by Crippen LogP contribution is -2.44. The Balaban J connectivity index is 1.94. The van der Waals surface area contributed by atoms with Crippen molar-refractivity contribution in [2.24, 2.45) is 5.73 Å². The highest BCUT2D eigenvalue weighted by molar-refractivity contribution is 6.31. The molecule has 112 valence electrons. The number of nitrogens with two attached hydrogens (primary N) is 1. The van der Waals surface area contributed by atoms with Crippen LogP contribution in [0.5, 0.6) is 0 Å². The summed E-state index contributed by atoms with van der Waals surface area (Å²) >= 11 is 5.94. The molecule has 0 spiro atoms. The number of carbonyl (C=O) groups excluding carboxylic acids is 1. The lowest BCUT2D eigenvalue weighted by atomic mass is 10.2. The first kappa shape index (κ1) is 15.5. The molecule has 1 aromatic carbocycles. The molecule has 1 atom stereocenters. The third-order valence-corrected chi connectivity index (χ3v) is 3.21. The lowest BCUT2D eigenvalue weighted by Gasteiger charge is -2.12. The van der Waals surface area contributed by atoms with E-state index in [1.54, 1.807) is 18.3 Å². The SMILES string of the molecule is N[C@@H](CO)C(=O)NCCNc1ccnc2cc(Cl)ccc12. The molecule has 0 saturated carbocycles. The van der Waals surface area contributed by atoms with E-state index in [1.165, 1.54) is 0 Å². The van der Waals surface area contributed by atoms with Gasteiger partial charge >= 0.3 is 0 Å². The number of amides is 1. The van der Waals surface area contributed by atoms with Crippen LogP contribution in [0.25, 0.3) is 10.9 Å². The normalized spacial score (nSPS) is 12.1. The highest BCUT2D eigenvalue weighted by Gasteiger charge is 2.10. The number of fused-ring (bicyclic) bond motifs is 1. The number of pyridine rings is 1. The van der Waals surface area contributed by atoms with E-state index in [2.05, 4.69) is 15.6 Å². The molecule has 0 unspecified atom stereocenters. The van der Waals surface area contributed by atoms with E-state index in [4.69, 9.17) is 22.4 Å². The molecule has 1 amide bonds. The molecule has 0 aliphatic heterocycles. The minimum atomic E-state index is -0.881. The average molecular weight is 309 g/mol. The van der Waals surface area contributed by atoms with Crippen molar-refractivity contribution in [3.05, 3.63) is 35.5 Å². The molecule has 0 fully saturated rings. The molecule has 1 heterocycles. The van der Waals surface area contributed by atoms with Gasteiger partial charge in [0, 0.05) is 35.4 Å². The number of aliphatic hydroxyl groups is 1. The van der Waals surface area contributed by atoms with E-state index in [9.17, 15) is 4.79 Å². The van der Waals surface area contributed by atoms with Gasteiger partial charge in [0.1, 0.15) is 6.04 Å². The van der Waals surface area contributed by atoms with Crippen molar-refractivity contribution in [3.63, 3.8) is 0 Å². The molecular weight excluding hydrogens is 292 g/mol. The highest BCUT2D eigenvalue weighted by Crippen LogP contribution is 2.23. The fourth-order valence-electron chi connectivity index (χ4n) is 1.87. The van der Waals surface area contributed by atoms with Crippen LogP contribution < -0.4 is 16.4 Å². The zero-order valence-corrected chi connectivity index (χ0v) is 12.1. The Bertz CT molecular complexity index is 635. The number of hydrogen-bond donors (Lipinski definition) is 4. The van der Waals surface area contributed by atoms with Crippen LogP contribution in [0.15, 0.2) is 30.5 Å². The number of nitrogens with one attached hydrogen (secondary N) is 2. The number of anilines is 1. The van der Waals surface area contributed by atoms with Gasteiger partial charge in [0.2, 0.25) is 5.91 Å². The summed E-state index contributed by atoms with van der Waals surface area (Å²) in [5.74, 6) is -0.370. The molecule has 1 aromatic heterocycles. The zero-order valence-electron chi connectivity index (χ0n) is 11.3. The molecule has 6 nitrogen and oxygen atoms in total. The fraction of sp³-hybridized carbons (Fsp3) is 0.286. The Hall–Kier alpha value is -1.89. The third-order valence-electron chi connectivity index (χ3n) is 2.98. The first-order chi connectivity index (χ1) is 10.1.